The van der Waals surface area contributed by atoms with E-state index in [4.69, 9.17) is 23.2 Å². The lowest BCUT2D eigenvalue weighted by molar-refractivity contribution is -0.113. The second kappa shape index (κ2) is 8.99. The molecule has 0 aliphatic carbocycles. The van der Waals surface area contributed by atoms with Gasteiger partial charge >= 0.3 is 0 Å². The fraction of sp³-hybridized carbons (Fsp3) is 0.250. The zero-order valence-corrected chi connectivity index (χ0v) is 17.7. The molecule has 0 spiro atoms. The summed E-state index contributed by atoms with van der Waals surface area (Å²) in [5.41, 5.74) is 1.05. The third-order valence-electron chi connectivity index (χ3n) is 4.29. The van der Waals surface area contributed by atoms with E-state index in [2.05, 4.69) is 10.3 Å². The molecule has 3 rings (SSSR count). The monoisotopic (exact) mass is 435 g/mol. The largest absolute Gasteiger partial charge is 0.325 e. The van der Waals surface area contributed by atoms with Gasteiger partial charge in [0.25, 0.3) is 5.56 Å². The Morgan fingerprint density at radius 3 is 2.57 bits per heavy atom. The predicted molar refractivity (Wildman–Crippen MR) is 117 cm³/mol. The molecule has 1 atom stereocenters. The van der Waals surface area contributed by atoms with Crippen molar-refractivity contribution in [3.05, 3.63) is 62.9 Å². The number of para-hydroxylation sites is 1. The van der Waals surface area contributed by atoms with Gasteiger partial charge in [0.2, 0.25) is 5.91 Å². The number of rotatable bonds is 6. The Labute approximate surface area is 177 Å². The Balaban J connectivity index is 1.85. The van der Waals surface area contributed by atoms with Crippen molar-refractivity contribution in [3.8, 4) is 0 Å². The van der Waals surface area contributed by atoms with Gasteiger partial charge in [0, 0.05) is 21.8 Å². The second-order valence-corrected chi connectivity index (χ2v) is 8.15. The Hall–Kier alpha value is -2.02. The van der Waals surface area contributed by atoms with E-state index < -0.39 is 0 Å². The van der Waals surface area contributed by atoms with Crippen LogP contribution in [0.3, 0.4) is 0 Å². The summed E-state index contributed by atoms with van der Waals surface area (Å²) in [4.78, 5) is 29.9. The van der Waals surface area contributed by atoms with Gasteiger partial charge in [0.1, 0.15) is 0 Å². The molecule has 1 unspecified atom stereocenters. The van der Waals surface area contributed by atoms with Crippen molar-refractivity contribution in [1.29, 1.82) is 0 Å². The number of amides is 1. The highest BCUT2D eigenvalue weighted by Gasteiger charge is 2.16. The average Bonchev–Trinajstić information content (AvgIpc) is 2.65. The van der Waals surface area contributed by atoms with Gasteiger partial charge in [-0.15, -0.1) is 0 Å². The number of nitrogens with zero attached hydrogens (tertiary/aromatic N) is 2. The Kier molecular flexibility index (Phi) is 6.65. The molecule has 1 N–H and O–H groups in total. The van der Waals surface area contributed by atoms with Crippen LogP contribution in [-0.2, 0) is 4.79 Å². The number of aromatic nitrogens is 2. The number of nitrogens with one attached hydrogen (secondary N) is 1. The minimum atomic E-state index is -0.235. The molecule has 0 bridgehead atoms. The summed E-state index contributed by atoms with van der Waals surface area (Å²) in [6.07, 6.45) is 0.778. The summed E-state index contributed by atoms with van der Waals surface area (Å²) < 4.78 is 1.66. The van der Waals surface area contributed by atoms with Crippen LogP contribution in [0.2, 0.25) is 10.0 Å². The number of hydrogen-bond donors (Lipinski definition) is 1. The van der Waals surface area contributed by atoms with Crippen molar-refractivity contribution < 1.29 is 4.79 Å². The lowest BCUT2D eigenvalue weighted by Gasteiger charge is -2.18. The molecule has 1 aromatic heterocycles. The molecule has 3 aromatic rings. The molecule has 1 heterocycles. The molecule has 2 aromatic carbocycles. The first-order valence-corrected chi connectivity index (χ1v) is 10.5. The van der Waals surface area contributed by atoms with E-state index in [1.165, 1.54) is 11.8 Å². The number of carbonyl (C=O) groups excluding carboxylic acids is 1. The van der Waals surface area contributed by atoms with Crippen LogP contribution in [0.15, 0.2) is 52.4 Å². The van der Waals surface area contributed by atoms with Gasteiger partial charge in [-0.3, -0.25) is 14.2 Å². The maximum Gasteiger partial charge on any atom is 0.262 e. The highest BCUT2D eigenvalue weighted by Crippen LogP contribution is 2.24. The molecule has 0 saturated heterocycles. The lowest BCUT2D eigenvalue weighted by Crippen LogP contribution is -2.26. The van der Waals surface area contributed by atoms with Crippen LogP contribution in [0.5, 0.6) is 0 Å². The molecule has 0 radical (unpaired) electrons. The normalized spacial score (nSPS) is 12.1. The first-order valence-electron chi connectivity index (χ1n) is 8.79. The highest BCUT2D eigenvalue weighted by molar-refractivity contribution is 7.99. The molecule has 0 saturated carbocycles. The van der Waals surface area contributed by atoms with Gasteiger partial charge in [-0.1, -0.05) is 54.0 Å². The van der Waals surface area contributed by atoms with Crippen molar-refractivity contribution in [1.82, 2.24) is 9.55 Å². The van der Waals surface area contributed by atoms with Crippen molar-refractivity contribution in [2.24, 2.45) is 0 Å². The molecule has 0 aliphatic heterocycles. The number of thioether (sulfide) groups is 1. The van der Waals surface area contributed by atoms with Gasteiger partial charge in [-0.05, 0) is 43.7 Å². The number of fused-ring (bicyclic) bond motifs is 1. The fourth-order valence-corrected chi connectivity index (χ4v) is 4.18. The van der Waals surface area contributed by atoms with Crippen molar-refractivity contribution in [2.75, 3.05) is 11.1 Å². The summed E-state index contributed by atoms with van der Waals surface area (Å²) in [5.74, 6) is -0.132. The number of benzene rings is 2. The molecule has 146 valence electrons. The van der Waals surface area contributed by atoms with E-state index >= 15 is 0 Å². The number of halogens is 2. The molecular formula is C20H19Cl2N3O2S. The first-order chi connectivity index (χ1) is 13.4. The number of carbonyl (C=O) groups is 1. The average molecular weight is 436 g/mol. The topological polar surface area (TPSA) is 64.0 Å². The molecule has 28 heavy (non-hydrogen) atoms. The van der Waals surface area contributed by atoms with Gasteiger partial charge in [0.05, 0.1) is 16.7 Å². The summed E-state index contributed by atoms with van der Waals surface area (Å²) in [6.45, 7) is 3.98. The second-order valence-electron chi connectivity index (χ2n) is 6.34. The zero-order valence-electron chi connectivity index (χ0n) is 15.4. The molecule has 5 nitrogen and oxygen atoms in total. The minimum Gasteiger partial charge on any atom is -0.325 e. The van der Waals surface area contributed by atoms with Gasteiger partial charge < -0.3 is 5.32 Å². The van der Waals surface area contributed by atoms with Gasteiger partial charge in [-0.25, -0.2) is 4.98 Å². The molecule has 8 heteroatoms. The highest BCUT2D eigenvalue weighted by atomic mass is 35.5. The maximum atomic E-state index is 12.9. The molecular weight excluding hydrogens is 417 g/mol. The van der Waals surface area contributed by atoms with Crippen LogP contribution < -0.4 is 10.9 Å². The van der Waals surface area contributed by atoms with Crippen LogP contribution in [0.1, 0.15) is 26.3 Å². The lowest BCUT2D eigenvalue weighted by atomic mass is 10.2. The summed E-state index contributed by atoms with van der Waals surface area (Å²) in [6, 6.07) is 12.1. The molecule has 1 amide bonds. The van der Waals surface area contributed by atoms with E-state index in [-0.39, 0.29) is 23.3 Å². The van der Waals surface area contributed by atoms with Crippen molar-refractivity contribution in [3.63, 3.8) is 0 Å². The molecule has 0 aliphatic rings. The van der Waals surface area contributed by atoms with Crippen LogP contribution in [0.4, 0.5) is 5.69 Å². The standard InChI is InChI=1S/C20H19Cl2N3O2S/c1-3-12(2)25-19(27)16-6-4-5-7-17(16)24-20(25)28-11-18(26)23-15-9-13(21)8-14(22)10-15/h4-10,12H,3,11H2,1-2H3,(H,23,26). The van der Waals surface area contributed by atoms with Gasteiger partial charge in [-0.2, -0.15) is 0 Å². The quantitative estimate of drug-likeness (QED) is 0.415. The summed E-state index contributed by atoms with van der Waals surface area (Å²) >= 11 is 13.2. The Morgan fingerprint density at radius 1 is 1.21 bits per heavy atom. The first kappa shape index (κ1) is 20.7. The van der Waals surface area contributed by atoms with E-state index in [1.54, 1.807) is 34.9 Å². The van der Waals surface area contributed by atoms with Crippen LogP contribution in [0, 0.1) is 0 Å². The predicted octanol–water partition coefficient (Wildman–Crippen LogP) is 5.41. The SMILES string of the molecule is CCC(C)n1c(SCC(=O)Nc2cc(Cl)cc(Cl)c2)nc2ccccc2c1=O. The van der Waals surface area contributed by atoms with Crippen molar-refractivity contribution >= 4 is 57.5 Å². The number of hydrogen-bond acceptors (Lipinski definition) is 4. The Morgan fingerprint density at radius 2 is 1.89 bits per heavy atom. The smallest absolute Gasteiger partial charge is 0.262 e. The third kappa shape index (κ3) is 4.69. The fourth-order valence-electron chi connectivity index (χ4n) is 2.75. The van der Waals surface area contributed by atoms with Crippen LogP contribution >= 0.6 is 35.0 Å². The van der Waals surface area contributed by atoms with Crippen LogP contribution in [0.25, 0.3) is 10.9 Å². The van der Waals surface area contributed by atoms with Gasteiger partial charge in [0.15, 0.2) is 5.16 Å². The molecule has 0 fully saturated rings. The summed E-state index contributed by atoms with van der Waals surface area (Å²) in [5, 5.41) is 4.75. The summed E-state index contributed by atoms with van der Waals surface area (Å²) in [7, 11) is 0. The van der Waals surface area contributed by atoms with E-state index in [9.17, 15) is 9.59 Å². The van der Waals surface area contributed by atoms with Crippen LogP contribution in [-0.4, -0.2) is 21.2 Å². The zero-order chi connectivity index (χ0) is 20.3. The van der Waals surface area contributed by atoms with Crippen molar-refractivity contribution in [2.45, 2.75) is 31.5 Å². The Bertz CT molecular complexity index is 1060. The van der Waals surface area contributed by atoms with E-state index in [0.717, 1.165) is 6.42 Å². The third-order valence-corrected chi connectivity index (χ3v) is 5.67. The maximum absolute atomic E-state index is 12.9. The van der Waals surface area contributed by atoms with E-state index in [0.29, 0.717) is 31.8 Å². The number of anilines is 1. The minimum absolute atomic E-state index is 0.0260. The van der Waals surface area contributed by atoms with E-state index in [1.807, 2.05) is 26.0 Å².